The highest BCUT2D eigenvalue weighted by Gasteiger charge is 2.41. The minimum absolute atomic E-state index is 0.671. The Bertz CT molecular complexity index is 483. The van der Waals surface area contributed by atoms with E-state index < -0.39 is 7.26 Å². The Morgan fingerprint density at radius 3 is 2.55 bits per heavy atom. The van der Waals surface area contributed by atoms with E-state index in [1.807, 2.05) is 6.07 Å². The van der Waals surface area contributed by atoms with Gasteiger partial charge in [0.1, 0.15) is 5.75 Å². The van der Waals surface area contributed by atoms with E-state index in [4.69, 9.17) is 15.2 Å². The second kappa shape index (κ2) is 5.51. The Hall–Kier alpha value is -0.830. The molecule has 2 aliphatic heterocycles. The molecule has 2 saturated heterocycles. The van der Waals surface area contributed by atoms with Gasteiger partial charge in [-0.25, -0.2) is 0 Å². The molecule has 0 aliphatic carbocycles. The summed E-state index contributed by atoms with van der Waals surface area (Å²) in [7, 11) is 0.633. The van der Waals surface area contributed by atoms with Crippen molar-refractivity contribution >= 4 is 18.3 Å². The maximum Gasteiger partial charge on any atom is 0.145 e. The van der Waals surface area contributed by atoms with Gasteiger partial charge in [-0.1, -0.05) is 0 Å². The van der Waals surface area contributed by atoms with Crippen LogP contribution in [0.5, 0.6) is 5.75 Å². The van der Waals surface area contributed by atoms with E-state index in [1.54, 1.807) is 7.11 Å². The highest BCUT2D eigenvalue weighted by atomic mass is 31.2. The molecule has 0 bridgehead atoms. The summed E-state index contributed by atoms with van der Waals surface area (Å²) in [6.45, 7) is 6.71. The molecule has 20 heavy (non-hydrogen) atoms. The third-order valence-corrected chi connectivity index (χ3v) is 8.64. The van der Waals surface area contributed by atoms with Crippen molar-refractivity contribution in [2.24, 2.45) is 0 Å². The minimum Gasteiger partial charge on any atom is -0.494 e. The third kappa shape index (κ3) is 2.52. The number of nitrogens with two attached hydrogens (primary N) is 1. The van der Waals surface area contributed by atoms with E-state index in [2.05, 4.69) is 23.7 Å². The number of hydrogen-bond acceptors (Lipinski definition) is 4. The molecule has 3 rings (SSSR count). The standard InChI is InChI=1S/C15H24N2O2P/c1-18-15-9-13(3-4-14(15)16)20(2)7-5-17(6-8-20)12-10-19-11-12/h3-4,9,12H,5-8,10-11,16H2,1-2H3/q+1. The van der Waals surface area contributed by atoms with Crippen LogP contribution in [0.25, 0.3) is 0 Å². The summed E-state index contributed by atoms with van der Waals surface area (Å²) in [6.07, 6.45) is 2.58. The van der Waals surface area contributed by atoms with E-state index in [1.165, 1.54) is 30.7 Å². The number of nitrogens with zero attached hydrogens (tertiary/aromatic N) is 1. The van der Waals surface area contributed by atoms with Gasteiger partial charge in [0.05, 0.1) is 56.3 Å². The number of methoxy groups -OCH3 is 1. The molecule has 110 valence electrons. The van der Waals surface area contributed by atoms with Gasteiger partial charge >= 0.3 is 0 Å². The summed E-state index contributed by atoms with van der Waals surface area (Å²) in [5, 5.41) is 1.45. The first-order valence-corrected chi connectivity index (χ1v) is 9.83. The number of nitrogen functional groups attached to an aromatic ring is 1. The molecule has 2 aliphatic rings. The number of anilines is 1. The predicted octanol–water partition coefficient (Wildman–Crippen LogP) is 1.26. The highest BCUT2D eigenvalue weighted by Crippen LogP contribution is 2.56. The van der Waals surface area contributed by atoms with Crippen LogP contribution >= 0.6 is 7.26 Å². The van der Waals surface area contributed by atoms with Crippen molar-refractivity contribution < 1.29 is 9.47 Å². The molecule has 0 atom stereocenters. The number of hydrogen-bond donors (Lipinski definition) is 1. The van der Waals surface area contributed by atoms with Crippen LogP contribution in [0, 0.1) is 0 Å². The first kappa shape index (κ1) is 14.1. The molecule has 2 N–H and O–H groups in total. The van der Waals surface area contributed by atoms with Crippen molar-refractivity contribution in [2.75, 3.05) is 58.1 Å². The summed E-state index contributed by atoms with van der Waals surface area (Å²) in [5.74, 6) is 0.818. The normalized spacial score (nSPS) is 23.3. The van der Waals surface area contributed by atoms with Crippen LogP contribution in [0.3, 0.4) is 0 Å². The number of ether oxygens (including phenoxy) is 2. The van der Waals surface area contributed by atoms with Crippen LogP contribution in [-0.4, -0.2) is 63.3 Å². The monoisotopic (exact) mass is 295 g/mol. The Kier molecular flexibility index (Phi) is 3.89. The summed E-state index contributed by atoms with van der Waals surface area (Å²) < 4.78 is 10.7. The number of rotatable bonds is 3. The van der Waals surface area contributed by atoms with Crippen molar-refractivity contribution in [2.45, 2.75) is 6.04 Å². The van der Waals surface area contributed by atoms with Crippen molar-refractivity contribution in [1.29, 1.82) is 0 Å². The maximum absolute atomic E-state index is 5.93. The van der Waals surface area contributed by atoms with Crippen molar-refractivity contribution in [1.82, 2.24) is 4.90 Å². The third-order valence-electron chi connectivity index (χ3n) is 4.74. The molecular formula is C15H24N2O2P+. The van der Waals surface area contributed by atoms with E-state index in [0.717, 1.165) is 24.7 Å². The molecule has 2 heterocycles. The zero-order valence-electron chi connectivity index (χ0n) is 12.3. The second-order valence-electron chi connectivity index (χ2n) is 6.00. The summed E-state index contributed by atoms with van der Waals surface area (Å²) in [4.78, 5) is 2.60. The van der Waals surface area contributed by atoms with Crippen LogP contribution in [0.2, 0.25) is 0 Å². The zero-order chi connectivity index (χ0) is 14.2. The van der Waals surface area contributed by atoms with Gasteiger partial charge < -0.3 is 15.2 Å². The first-order valence-electron chi connectivity index (χ1n) is 7.23. The highest BCUT2D eigenvalue weighted by molar-refractivity contribution is 7.82. The lowest BCUT2D eigenvalue weighted by Crippen LogP contribution is -2.53. The zero-order valence-corrected chi connectivity index (χ0v) is 13.2. The molecule has 4 nitrogen and oxygen atoms in total. The molecule has 1 aromatic rings. The van der Waals surface area contributed by atoms with E-state index in [0.29, 0.717) is 6.04 Å². The molecule has 0 amide bonds. The van der Waals surface area contributed by atoms with E-state index >= 15 is 0 Å². The van der Waals surface area contributed by atoms with Crippen LogP contribution in [0.1, 0.15) is 0 Å². The van der Waals surface area contributed by atoms with Gasteiger partial charge in [0.15, 0.2) is 0 Å². The van der Waals surface area contributed by atoms with E-state index in [-0.39, 0.29) is 0 Å². The molecule has 0 aromatic heterocycles. The average molecular weight is 295 g/mol. The van der Waals surface area contributed by atoms with Crippen LogP contribution in [-0.2, 0) is 4.74 Å². The Morgan fingerprint density at radius 1 is 1.30 bits per heavy atom. The van der Waals surface area contributed by atoms with Gasteiger partial charge in [-0.05, 0) is 12.1 Å². The lowest BCUT2D eigenvalue weighted by atomic mass is 10.2. The van der Waals surface area contributed by atoms with Crippen molar-refractivity contribution in [3.63, 3.8) is 0 Å². The molecule has 0 radical (unpaired) electrons. The van der Waals surface area contributed by atoms with Gasteiger partial charge in [-0.2, -0.15) is 0 Å². The minimum atomic E-state index is -1.06. The second-order valence-corrected chi connectivity index (χ2v) is 10.2. The van der Waals surface area contributed by atoms with Gasteiger partial charge in [-0.3, -0.25) is 4.90 Å². The van der Waals surface area contributed by atoms with Gasteiger partial charge in [0, 0.05) is 26.4 Å². The lowest BCUT2D eigenvalue weighted by molar-refractivity contribution is -0.0619. The fourth-order valence-electron chi connectivity index (χ4n) is 3.01. The quantitative estimate of drug-likeness (QED) is 0.674. The smallest absolute Gasteiger partial charge is 0.145 e. The topological polar surface area (TPSA) is 47.7 Å². The summed E-state index contributed by atoms with van der Waals surface area (Å²) >= 11 is 0. The lowest BCUT2D eigenvalue weighted by Gasteiger charge is -2.42. The average Bonchev–Trinajstić information content (AvgIpc) is 2.40. The molecule has 0 spiro atoms. The van der Waals surface area contributed by atoms with Crippen LogP contribution < -0.4 is 15.8 Å². The molecule has 0 saturated carbocycles. The largest absolute Gasteiger partial charge is 0.494 e. The molecule has 5 heteroatoms. The fraction of sp³-hybridized carbons (Fsp3) is 0.600. The Balaban J connectivity index is 1.73. The van der Waals surface area contributed by atoms with Crippen LogP contribution in [0.4, 0.5) is 5.69 Å². The molecule has 0 unspecified atom stereocenters. The molecule has 2 fully saturated rings. The van der Waals surface area contributed by atoms with Crippen molar-refractivity contribution in [3.8, 4) is 5.75 Å². The van der Waals surface area contributed by atoms with Crippen LogP contribution in [0.15, 0.2) is 18.2 Å². The molecule has 1 aromatic carbocycles. The Labute approximate surface area is 121 Å². The SMILES string of the molecule is COc1cc([P+]2(C)CCN(C3COC3)CC2)ccc1N. The van der Waals surface area contributed by atoms with Gasteiger partial charge in [0.25, 0.3) is 0 Å². The summed E-state index contributed by atoms with van der Waals surface area (Å²) in [5.41, 5.74) is 6.65. The molecular weight excluding hydrogens is 271 g/mol. The fourth-order valence-corrected chi connectivity index (χ4v) is 6.01. The number of benzene rings is 1. The van der Waals surface area contributed by atoms with E-state index in [9.17, 15) is 0 Å². The maximum atomic E-state index is 5.93. The Morgan fingerprint density at radius 2 is 2.00 bits per heavy atom. The van der Waals surface area contributed by atoms with Gasteiger partial charge in [-0.15, -0.1) is 0 Å². The summed E-state index contributed by atoms with van der Waals surface area (Å²) in [6, 6.07) is 7.02. The van der Waals surface area contributed by atoms with Crippen molar-refractivity contribution in [3.05, 3.63) is 18.2 Å². The first-order chi connectivity index (χ1) is 9.62. The van der Waals surface area contributed by atoms with Gasteiger partial charge in [0.2, 0.25) is 0 Å². The predicted molar refractivity (Wildman–Crippen MR) is 85.8 cm³/mol.